The first kappa shape index (κ1) is 20.0. The summed E-state index contributed by atoms with van der Waals surface area (Å²) in [4.78, 5) is 27.4. The maximum atomic E-state index is 12.6. The fourth-order valence-electron chi connectivity index (χ4n) is 3.73. The monoisotopic (exact) mass is 402 g/mol. The molecular weight excluding hydrogens is 376 g/mol. The number of ketones is 1. The summed E-state index contributed by atoms with van der Waals surface area (Å²) in [5.74, 6) is 0.877. The summed E-state index contributed by atoms with van der Waals surface area (Å²) < 4.78 is 5.83. The molecule has 2 aromatic heterocycles. The fraction of sp³-hybridized carbons (Fsp3) is 0.333. The lowest BCUT2D eigenvalue weighted by atomic mass is 9.93. The van der Waals surface area contributed by atoms with Crippen molar-refractivity contribution in [1.29, 1.82) is 0 Å². The minimum atomic E-state index is 0.0107. The van der Waals surface area contributed by atoms with E-state index in [9.17, 15) is 4.79 Å². The average Bonchev–Trinajstić information content (AvgIpc) is 3.08. The number of carbonyl (C=O) groups excluding carboxylic acids is 1. The van der Waals surface area contributed by atoms with E-state index in [4.69, 9.17) is 4.42 Å². The Morgan fingerprint density at radius 2 is 1.90 bits per heavy atom. The van der Waals surface area contributed by atoms with Crippen molar-refractivity contribution in [2.45, 2.75) is 40.5 Å². The van der Waals surface area contributed by atoms with Gasteiger partial charge in [-0.05, 0) is 56.4 Å². The zero-order valence-corrected chi connectivity index (χ0v) is 17.9. The number of aromatic nitrogens is 3. The summed E-state index contributed by atoms with van der Waals surface area (Å²) in [7, 11) is 0. The van der Waals surface area contributed by atoms with E-state index in [2.05, 4.69) is 38.9 Å². The maximum Gasteiger partial charge on any atom is 0.297 e. The first-order chi connectivity index (χ1) is 14.4. The predicted molar refractivity (Wildman–Crippen MR) is 117 cm³/mol. The van der Waals surface area contributed by atoms with Crippen molar-refractivity contribution in [3.8, 4) is 0 Å². The average molecular weight is 402 g/mol. The Morgan fingerprint density at radius 1 is 1.13 bits per heavy atom. The van der Waals surface area contributed by atoms with Gasteiger partial charge in [-0.25, -0.2) is 9.97 Å². The molecule has 0 bridgehead atoms. The molecule has 0 unspecified atom stereocenters. The minimum Gasteiger partial charge on any atom is -0.429 e. The van der Waals surface area contributed by atoms with Gasteiger partial charge in [-0.1, -0.05) is 29.8 Å². The highest BCUT2D eigenvalue weighted by molar-refractivity contribution is 5.96. The Bertz CT molecular complexity index is 1090. The van der Waals surface area contributed by atoms with Gasteiger partial charge in [0.05, 0.1) is 5.69 Å². The van der Waals surface area contributed by atoms with E-state index >= 15 is 0 Å². The predicted octanol–water partition coefficient (Wildman–Crippen LogP) is 4.50. The van der Waals surface area contributed by atoms with Crippen LogP contribution in [0.1, 0.15) is 52.0 Å². The van der Waals surface area contributed by atoms with Crippen LogP contribution < -0.4 is 4.90 Å². The number of aryl methyl sites for hydroxylation is 3. The van der Waals surface area contributed by atoms with Gasteiger partial charge in [0.2, 0.25) is 0 Å². The van der Waals surface area contributed by atoms with Gasteiger partial charge in [0.1, 0.15) is 17.8 Å². The van der Waals surface area contributed by atoms with E-state index in [1.165, 1.54) is 23.0 Å². The quantitative estimate of drug-likeness (QED) is 0.585. The molecule has 0 aliphatic carbocycles. The second-order valence-electron chi connectivity index (χ2n) is 7.92. The van der Waals surface area contributed by atoms with Crippen LogP contribution in [0.3, 0.4) is 0 Å². The Labute approximate surface area is 176 Å². The molecular formula is C24H26N4O2. The SMILES string of the molecule is CC1=C(c2ccc(CC(=O)c3ncncc3C)cc2)CN(c2nc(C)c(C)o2)CC1. The second kappa shape index (κ2) is 8.22. The summed E-state index contributed by atoms with van der Waals surface area (Å²) in [6, 6.07) is 8.95. The summed E-state index contributed by atoms with van der Waals surface area (Å²) in [6.07, 6.45) is 4.40. The van der Waals surface area contributed by atoms with Crippen molar-refractivity contribution in [1.82, 2.24) is 15.0 Å². The third kappa shape index (κ3) is 4.03. The summed E-state index contributed by atoms with van der Waals surface area (Å²) in [6.45, 7) is 9.63. The molecule has 0 fully saturated rings. The molecule has 0 saturated heterocycles. The molecule has 0 saturated carbocycles. The third-order valence-electron chi connectivity index (χ3n) is 5.74. The number of benzene rings is 1. The van der Waals surface area contributed by atoms with Crippen LogP contribution in [0.5, 0.6) is 0 Å². The second-order valence-corrected chi connectivity index (χ2v) is 7.92. The first-order valence-electron chi connectivity index (χ1n) is 10.2. The van der Waals surface area contributed by atoms with Gasteiger partial charge in [0, 0.05) is 25.7 Å². The standard InChI is InChI=1S/C24H26N4O2/c1-15-9-10-28(24-27-17(3)18(4)30-24)13-21(15)20-7-5-19(6-8-20)11-22(29)23-16(2)12-25-14-26-23/h5-8,12,14H,9-11,13H2,1-4H3. The number of rotatable bonds is 5. The van der Waals surface area contributed by atoms with Crippen LogP contribution in [0.25, 0.3) is 5.57 Å². The summed E-state index contributed by atoms with van der Waals surface area (Å²) in [5.41, 5.74) is 7.06. The van der Waals surface area contributed by atoms with Crippen LogP contribution in [0.2, 0.25) is 0 Å². The number of Topliss-reactive ketones (excluding diaryl/α,β-unsaturated/α-hetero) is 1. The zero-order valence-electron chi connectivity index (χ0n) is 17.9. The molecule has 0 spiro atoms. The van der Waals surface area contributed by atoms with Crippen LogP contribution in [0, 0.1) is 20.8 Å². The van der Waals surface area contributed by atoms with Crippen molar-refractivity contribution >= 4 is 17.4 Å². The van der Waals surface area contributed by atoms with Crippen LogP contribution in [0.15, 0.2) is 46.8 Å². The molecule has 30 heavy (non-hydrogen) atoms. The molecule has 1 aliphatic rings. The molecule has 1 aliphatic heterocycles. The summed E-state index contributed by atoms with van der Waals surface area (Å²) >= 11 is 0. The Hall–Kier alpha value is -3.28. The van der Waals surface area contributed by atoms with Gasteiger partial charge in [-0.2, -0.15) is 4.98 Å². The van der Waals surface area contributed by atoms with Gasteiger partial charge >= 0.3 is 0 Å². The fourth-order valence-corrected chi connectivity index (χ4v) is 3.73. The van der Waals surface area contributed by atoms with Crippen molar-refractivity contribution in [2.75, 3.05) is 18.0 Å². The molecule has 3 heterocycles. The van der Waals surface area contributed by atoms with E-state index < -0.39 is 0 Å². The van der Waals surface area contributed by atoms with Crippen LogP contribution in [-0.2, 0) is 6.42 Å². The first-order valence-corrected chi connectivity index (χ1v) is 10.2. The lowest BCUT2D eigenvalue weighted by Gasteiger charge is -2.29. The van der Waals surface area contributed by atoms with Gasteiger partial charge in [0.25, 0.3) is 6.01 Å². The Morgan fingerprint density at radius 3 is 2.57 bits per heavy atom. The van der Waals surface area contributed by atoms with Crippen LogP contribution in [0.4, 0.5) is 6.01 Å². The van der Waals surface area contributed by atoms with E-state index in [1.54, 1.807) is 6.20 Å². The van der Waals surface area contributed by atoms with Crippen molar-refractivity contribution in [3.63, 3.8) is 0 Å². The number of oxazole rings is 1. The molecule has 6 heteroatoms. The highest BCUT2D eigenvalue weighted by Gasteiger charge is 2.22. The normalized spacial score (nSPS) is 14.3. The highest BCUT2D eigenvalue weighted by atomic mass is 16.4. The van der Waals surface area contributed by atoms with Gasteiger partial charge in [-0.15, -0.1) is 0 Å². The smallest absolute Gasteiger partial charge is 0.297 e. The van der Waals surface area contributed by atoms with E-state index in [1.807, 2.05) is 32.9 Å². The molecule has 3 aromatic rings. The molecule has 154 valence electrons. The Kier molecular flexibility index (Phi) is 5.48. The zero-order chi connectivity index (χ0) is 21.3. The third-order valence-corrected chi connectivity index (χ3v) is 5.74. The number of hydrogen-bond acceptors (Lipinski definition) is 6. The van der Waals surface area contributed by atoms with E-state index in [0.29, 0.717) is 18.1 Å². The molecule has 0 atom stereocenters. The topological polar surface area (TPSA) is 72.1 Å². The molecule has 0 amide bonds. The van der Waals surface area contributed by atoms with Gasteiger partial charge in [0.15, 0.2) is 5.78 Å². The lowest BCUT2D eigenvalue weighted by molar-refractivity contribution is 0.0987. The van der Waals surface area contributed by atoms with Crippen molar-refractivity contribution in [3.05, 3.63) is 76.2 Å². The van der Waals surface area contributed by atoms with E-state index in [-0.39, 0.29) is 5.78 Å². The molecule has 6 nitrogen and oxygen atoms in total. The largest absolute Gasteiger partial charge is 0.429 e. The van der Waals surface area contributed by atoms with Crippen LogP contribution in [-0.4, -0.2) is 33.8 Å². The van der Waals surface area contributed by atoms with Crippen molar-refractivity contribution in [2.24, 2.45) is 0 Å². The van der Waals surface area contributed by atoms with E-state index in [0.717, 1.165) is 42.1 Å². The maximum absolute atomic E-state index is 12.6. The van der Waals surface area contributed by atoms with Gasteiger partial charge < -0.3 is 9.32 Å². The molecule has 1 aromatic carbocycles. The number of nitrogens with zero attached hydrogens (tertiary/aromatic N) is 4. The van der Waals surface area contributed by atoms with Gasteiger partial charge in [-0.3, -0.25) is 4.79 Å². The van der Waals surface area contributed by atoms with Crippen LogP contribution >= 0.6 is 0 Å². The molecule has 0 N–H and O–H groups in total. The molecule has 0 radical (unpaired) electrons. The highest BCUT2D eigenvalue weighted by Crippen LogP contribution is 2.30. The minimum absolute atomic E-state index is 0.0107. The number of hydrogen-bond donors (Lipinski definition) is 0. The number of anilines is 1. The lowest BCUT2D eigenvalue weighted by Crippen LogP contribution is -2.31. The number of carbonyl (C=O) groups is 1. The van der Waals surface area contributed by atoms with Crippen molar-refractivity contribution < 1.29 is 9.21 Å². The molecule has 4 rings (SSSR count). The Balaban J connectivity index is 1.50. The summed E-state index contributed by atoms with van der Waals surface area (Å²) in [5, 5.41) is 0.